The number of carbonyl (C=O) groups excluding carboxylic acids is 1. The van der Waals surface area contributed by atoms with Crippen molar-refractivity contribution in [3.8, 4) is 0 Å². The molecule has 10 heteroatoms. The molecule has 0 fully saturated rings. The van der Waals surface area contributed by atoms with E-state index in [1.54, 1.807) is 27.1 Å². The van der Waals surface area contributed by atoms with Gasteiger partial charge >= 0.3 is 0 Å². The fraction of sp³-hybridized carbons (Fsp3) is 0.529. The third-order valence-electron chi connectivity index (χ3n) is 3.69. The van der Waals surface area contributed by atoms with Crippen molar-refractivity contribution in [2.45, 2.75) is 19.8 Å². The van der Waals surface area contributed by atoms with E-state index in [2.05, 4.69) is 25.7 Å². The Bertz CT molecular complexity index is 710. The molecule has 0 saturated carbocycles. The molecule has 0 unspecified atom stereocenters. The Morgan fingerprint density at radius 2 is 1.85 bits per heavy atom. The molecule has 1 amide bonds. The molecule has 0 saturated heterocycles. The first-order chi connectivity index (χ1) is 12.4. The summed E-state index contributed by atoms with van der Waals surface area (Å²) in [7, 11) is 0.158. The Kier molecular flexibility index (Phi) is 13.0. The van der Waals surface area contributed by atoms with Crippen LogP contribution < -0.4 is 20.7 Å². The van der Waals surface area contributed by atoms with Crippen LogP contribution in [-0.2, 0) is 16.4 Å². The molecule has 1 aromatic carbocycles. The van der Waals surface area contributed by atoms with Crippen molar-refractivity contribution in [2.75, 3.05) is 39.5 Å². The van der Waals surface area contributed by atoms with Gasteiger partial charge in [0.2, 0.25) is 10.0 Å². The monoisotopic (exact) mass is 511 g/mol. The molecule has 0 aromatic heterocycles. The number of sulfonamides is 1. The first-order valence-corrected chi connectivity index (χ1v) is 10.3. The third kappa shape index (κ3) is 10.5. The van der Waals surface area contributed by atoms with Crippen LogP contribution in [0.25, 0.3) is 0 Å². The number of amides is 1. The molecule has 1 rings (SSSR count). The molecule has 0 spiro atoms. The molecule has 0 heterocycles. The molecular formula is C17H30IN5O3S. The summed E-state index contributed by atoms with van der Waals surface area (Å²) >= 11 is 0. The highest BCUT2D eigenvalue weighted by atomic mass is 127. The van der Waals surface area contributed by atoms with Crippen molar-refractivity contribution in [3.05, 3.63) is 35.4 Å². The largest absolute Gasteiger partial charge is 0.356 e. The van der Waals surface area contributed by atoms with Gasteiger partial charge < -0.3 is 16.0 Å². The number of hydrogen-bond acceptors (Lipinski definition) is 4. The van der Waals surface area contributed by atoms with Gasteiger partial charge in [0, 0.05) is 39.3 Å². The van der Waals surface area contributed by atoms with E-state index in [0.29, 0.717) is 37.6 Å². The number of aliphatic imine (C=N–C) groups is 1. The van der Waals surface area contributed by atoms with Crippen molar-refractivity contribution >= 4 is 45.9 Å². The Balaban J connectivity index is 0.00000676. The highest BCUT2D eigenvalue weighted by Crippen LogP contribution is 2.05. The number of benzene rings is 1. The van der Waals surface area contributed by atoms with E-state index in [0.717, 1.165) is 12.0 Å². The van der Waals surface area contributed by atoms with E-state index in [9.17, 15) is 13.2 Å². The van der Waals surface area contributed by atoms with Crippen molar-refractivity contribution in [1.82, 2.24) is 20.7 Å². The molecule has 1 aromatic rings. The van der Waals surface area contributed by atoms with Crippen LogP contribution in [-0.4, -0.2) is 59.8 Å². The van der Waals surface area contributed by atoms with E-state index in [-0.39, 0.29) is 35.6 Å². The topological polar surface area (TPSA) is 112 Å². The minimum atomic E-state index is -3.13. The fourth-order valence-electron chi connectivity index (χ4n) is 2.18. The standard InChI is InChI=1S/C17H29N5O3S.HI/c1-4-26(24,25)22-11-6-10-20-17(19-3)21-12-9-14-7-5-8-15(13-14)16(23)18-2;/h5,7-8,13,22H,4,6,9-12H2,1-3H3,(H,18,23)(H2,19,20,21);1H. The van der Waals surface area contributed by atoms with Gasteiger partial charge in [-0.1, -0.05) is 12.1 Å². The SMILES string of the molecule is CCS(=O)(=O)NCCCNC(=NC)NCCc1cccc(C(=O)NC)c1.I. The molecule has 0 aliphatic carbocycles. The average Bonchev–Trinajstić information content (AvgIpc) is 2.65. The maximum atomic E-state index is 11.6. The second-order valence-electron chi connectivity index (χ2n) is 5.61. The van der Waals surface area contributed by atoms with Gasteiger partial charge in [0.1, 0.15) is 0 Å². The quantitative estimate of drug-likeness (QED) is 0.160. The van der Waals surface area contributed by atoms with Crippen LogP contribution in [0, 0.1) is 0 Å². The second-order valence-corrected chi connectivity index (χ2v) is 7.70. The van der Waals surface area contributed by atoms with E-state index < -0.39 is 10.0 Å². The van der Waals surface area contributed by atoms with E-state index >= 15 is 0 Å². The second kappa shape index (κ2) is 13.7. The number of hydrogen-bond donors (Lipinski definition) is 4. The summed E-state index contributed by atoms with van der Waals surface area (Å²) in [4.78, 5) is 15.8. The van der Waals surface area contributed by atoms with Gasteiger partial charge in [0.25, 0.3) is 5.91 Å². The lowest BCUT2D eigenvalue weighted by atomic mass is 10.1. The van der Waals surface area contributed by atoms with Crippen LogP contribution in [0.4, 0.5) is 0 Å². The van der Waals surface area contributed by atoms with Crippen LogP contribution in [0.3, 0.4) is 0 Å². The lowest BCUT2D eigenvalue weighted by Gasteiger charge is -2.12. The molecule has 27 heavy (non-hydrogen) atoms. The van der Waals surface area contributed by atoms with Crippen molar-refractivity contribution < 1.29 is 13.2 Å². The molecular weight excluding hydrogens is 481 g/mol. The number of rotatable bonds is 10. The first-order valence-electron chi connectivity index (χ1n) is 8.64. The lowest BCUT2D eigenvalue weighted by Crippen LogP contribution is -2.39. The highest BCUT2D eigenvalue weighted by molar-refractivity contribution is 14.0. The predicted octanol–water partition coefficient (Wildman–Crippen LogP) is 0.701. The maximum Gasteiger partial charge on any atom is 0.251 e. The summed E-state index contributed by atoms with van der Waals surface area (Å²) in [6.07, 6.45) is 1.41. The van der Waals surface area contributed by atoms with Gasteiger partial charge in [-0.05, 0) is 37.5 Å². The van der Waals surface area contributed by atoms with Gasteiger partial charge in [-0.15, -0.1) is 24.0 Å². The van der Waals surface area contributed by atoms with E-state index in [1.165, 1.54) is 0 Å². The van der Waals surface area contributed by atoms with Crippen LogP contribution in [0.5, 0.6) is 0 Å². The number of nitrogens with zero attached hydrogens (tertiary/aromatic N) is 1. The van der Waals surface area contributed by atoms with E-state index in [4.69, 9.17) is 0 Å². The smallest absolute Gasteiger partial charge is 0.251 e. The Hall–Kier alpha value is -1.40. The van der Waals surface area contributed by atoms with Gasteiger partial charge in [0.15, 0.2) is 5.96 Å². The molecule has 0 aliphatic heterocycles. The summed E-state index contributed by atoms with van der Waals surface area (Å²) in [6, 6.07) is 7.49. The van der Waals surface area contributed by atoms with Crippen LogP contribution in [0.2, 0.25) is 0 Å². The van der Waals surface area contributed by atoms with Gasteiger partial charge in [-0.25, -0.2) is 13.1 Å². The average molecular weight is 511 g/mol. The lowest BCUT2D eigenvalue weighted by molar-refractivity contribution is 0.0963. The summed E-state index contributed by atoms with van der Waals surface area (Å²) in [5, 5.41) is 8.95. The predicted molar refractivity (Wildman–Crippen MR) is 120 cm³/mol. The molecule has 8 nitrogen and oxygen atoms in total. The zero-order valence-corrected chi connectivity index (χ0v) is 19.2. The Labute approximate surface area is 179 Å². The van der Waals surface area contributed by atoms with Crippen molar-refractivity contribution in [2.24, 2.45) is 4.99 Å². The zero-order chi connectivity index (χ0) is 19.4. The highest BCUT2D eigenvalue weighted by Gasteiger charge is 2.05. The molecule has 0 bridgehead atoms. The maximum absolute atomic E-state index is 11.6. The number of nitrogens with one attached hydrogen (secondary N) is 4. The Morgan fingerprint density at radius 3 is 2.48 bits per heavy atom. The minimum absolute atomic E-state index is 0. The van der Waals surface area contributed by atoms with Crippen molar-refractivity contribution in [1.29, 1.82) is 0 Å². The molecule has 0 aliphatic rings. The summed E-state index contributed by atoms with van der Waals surface area (Å²) in [5.41, 5.74) is 1.70. The zero-order valence-electron chi connectivity index (χ0n) is 16.0. The minimum Gasteiger partial charge on any atom is -0.356 e. The molecule has 0 atom stereocenters. The summed E-state index contributed by atoms with van der Waals surface area (Å²) in [5.74, 6) is 0.645. The number of guanidine groups is 1. The van der Waals surface area contributed by atoms with Crippen LogP contribution in [0.15, 0.2) is 29.3 Å². The van der Waals surface area contributed by atoms with Crippen LogP contribution in [0.1, 0.15) is 29.3 Å². The van der Waals surface area contributed by atoms with Gasteiger partial charge in [-0.3, -0.25) is 9.79 Å². The first kappa shape index (κ1) is 25.6. The van der Waals surface area contributed by atoms with E-state index in [1.807, 2.05) is 18.2 Å². The molecule has 154 valence electrons. The summed E-state index contributed by atoms with van der Waals surface area (Å²) < 4.78 is 25.2. The van der Waals surface area contributed by atoms with Crippen LogP contribution >= 0.6 is 24.0 Å². The molecule has 0 radical (unpaired) electrons. The fourth-order valence-corrected chi connectivity index (χ4v) is 2.84. The number of carbonyl (C=O) groups is 1. The normalized spacial score (nSPS) is 11.4. The summed E-state index contributed by atoms with van der Waals surface area (Å²) in [6.45, 7) is 3.28. The number of halogens is 1. The third-order valence-corrected chi connectivity index (χ3v) is 5.10. The van der Waals surface area contributed by atoms with Gasteiger partial charge in [0.05, 0.1) is 5.75 Å². The van der Waals surface area contributed by atoms with Crippen molar-refractivity contribution in [3.63, 3.8) is 0 Å². The molecule has 4 N–H and O–H groups in total. The Morgan fingerprint density at radius 1 is 1.15 bits per heavy atom. The van der Waals surface area contributed by atoms with Gasteiger partial charge in [-0.2, -0.15) is 0 Å².